The van der Waals surface area contributed by atoms with Gasteiger partial charge in [0.05, 0.1) is 10.7 Å². The summed E-state index contributed by atoms with van der Waals surface area (Å²) in [6.07, 6.45) is 0. The molecule has 0 atom stereocenters. The van der Waals surface area contributed by atoms with E-state index in [-0.39, 0.29) is 11.0 Å². The quantitative estimate of drug-likeness (QED) is 0.356. The molecule has 5 nitrogen and oxygen atoms in total. The molecule has 154 valence electrons. The number of carbonyl (C=O) groups excluding carboxylic acids is 1. The summed E-state index contributed by atoms with van der Waals surface area (Å²) in [5, 5.41) is 6.50. The van der Waals surface area contributed by atoms with E-state index in [1.54, 1.807) is 42.5 Å². The summed E-state index contributed by atoms with van der Waals surface area (Å²) in [5.74, 6) is 0.957. The van der Waals surface area contributed by atoms with Gasteiger partial charge in [-0.1, -0.05) is 47.5 Å². The van der Waals surface area contributed by atoms with Crippen molar-refractivity contribution in [2.24, 2.45) is 0 Å². The molecule has 0 saturated heterocycles. The minimum absolute atomic E-state index is 0.117. The third-order valence-electron chi connectivity index (χ3n) is 3.87. The van der Waals surface area contributed by atoms with Crippen LogP contribution in [0.25, 0.3) is 0 Å². The van der Waals surface area contributed by atoms with E-state index in [2.05, 4.69) is 10.6 Å². The first-order valence-electron chi connectivity index (χ1n) is 8.99. The number of hydrogen-bond donors (Lipinski definition) is 2. The molecule has 0 unspecified atom stereocenters. The van der Waals surface area contributed by atoms with Crippen molar-refractivity contribution in [1.82, 2.24) is 5.32 Å². The average Bonchev–Trinajstić information content (AvgIpc) is 2.74. The van der Waals surface area contributed by atoms with Crippen LogP contribution in [0.2, 0.25) is 10.0 Å². The van der Waals surface area contributed by atoms with Gasteiger partial charge in [-0.25, -0.2) is 0 Å². The van der Waals surface area contributed by atoms with Crippen LogP contribution in [0.1, 0.15) is 10.4 Å². The van der Waals surface area contributed by atoms with Crippen LogP contribution in [0.5, 0.6) is 11.5 Å². The van der Waals surface area contributed by atoms with Crippen molar-refractivity contribution in [3.63, 3.8) is 0 Å². The Hall–Kier alpha value is -2.80. The molecule has 0 saturated carbocycles. The van der Waals surface area contributed by atoms with Crippen molar-refractivity contribution >= 4 is 52.1 Å². The lowest BCUT2D eigenvalue weighted by atomic mass is 10.2. The van der Waals surface area contributed by atoms with Crippen molar-refractivity contribution in [2.75, 3.05) is 18.5 Å². The number of amides is 1. The predicted octanol–water partition coefficient (Wildman–Crippen LogP) is 5.58. The van der Waals surface area contributed by atoms with Crippen LogP contribution in [0.3, 0.4) is 0 Å². The van der Waals surface area contributed by atoms with E-state index in [4.69, 9.17) is 44.9 Å². The summed E-state index contributed by atoms with van der Waals surface area (Å²) in [5.41, 5.74) is 0.949. The summed E-state index contributed by atoms with van der Waals surface area (Å²) >= 11 is 17.2. The fourth-order valence-electron chi connectivity index (χ4n) is 2.48. The summed E-state index contributed by atoms with van der Waals surface area (Å²) < 4.78 is 11.2. The van der Waals surface area contributed by atoms with Crippen LogP contribution in [0.15, 0.2) is 72.8 Å². The maximum atomic E-state index is 12.5. The fourth-order valence-corrected chi connectivity index (χ4v) is 3.14. The van der Waals surface area contributed by atoms with Crippen LogP contribution >= 0.6 is 35.4 Å². The van der Waals surface area contributed by atoms with Gasteiger partial charge in [-0.15, -0.1) is 0 Å². The highest BCUT2D eigenvalue weighted by Gasteiger charge is 2.10. The number of ether oxygens (including phenoxy) is 2. The minimum Gasteiger partial charge on any atom is -0.490 e. The Balaban J connectivity index is 1.50. The van der Waals surface area contributed by atoms with Gasteiger partial charge in [-0.3, -0.25) is 10.1 Å². The molecule has 3 rings (SSSR count). The van der Waals surface area contributed by atoms with Crippen LogP contribution in [0.4, 0.5) is 5.69 Å². The fraction of sp³-hybridized carbons (Fsp3) is 0.0909. The number of hydrogen-bond acceptors (Lipinski definition) is 4. The third-order valence-corrected chi connectivity index (χ3v) is 4.62. The predicted molar refractivity (Wildman–Crippen MR) is 124 cm³/mol. The molecule has 0 aliphatic rings. The second-order valence-corrected chi connectivity index (χ2v) is 7.32. The van der Waals surface area contributed by atoms with Gasteiger partial charge in [0.1, 0.15) is 24.7 Å². The molecule has 0 aliphatic heterocycles. The maximum absolute atomic E-state index is 12.5. The summed E-state index contributed by atoms with van der Waals surface area (Å²) in [6.45, 7) is 0.727. The van der Waals surface area contributed by atoms with Crippen molar-refractivity contribution in [3.8, 4) is 11.5 Å². The van der Waals surface area contributed by atoms with E-state index in [9.17, 15) is 4.79 Å². The Morgan fingerprint density at radius 1 is 0.867 bits per heavy atom. The smallest absolute Gasteiger partial charge is 0.257 e. The number of thiocarbonyl (C=S) groups is 1. The standard InChI is InChI=1S/C22H18Cl2N2O3S/c23-16-9-10-20(19(24)14-16)25-22(30)26-21(27)15-5-4-8-18(13-15)29-12-11-28-17-6-2-1-3-7-17/h1-10,13-14H,11-12H2,(H2,25,26,27,30). The average molecular weight is 461 g/mol. The molecular formula is C22H18Cl2N2O3S. The van der Waals surface area contributed by atoms with Gasteiger partial charge in [-0.05, 0) is 60.7 Å². The molecular weight excluding hydrogens is 443 g/mol. The zero-order chi connectivity index (χ0) is 21.3. The first-order chi connectivity index (χ1) is 14.5. The van der Waals surface area contributed by atoms with Gasteiger partial charge in [0.15, 0.2) is 5.11 Å². The zero-order valence-corrected chi connectivity index (χ0v) is 18.1. The van der Waals surface area contributed by atoms with Crippen molar-refractivity contribution in [1.29, 1.82) is 0 Å². The summed E-state index contributed by atoms with van der Waals surface area (Å²) in [4.78, 5) is 12.5. The molecule has 1 amide bonds. The van der Waals surface area contributed by atoms with E-state index >= 15 is 0 Å². The molecule has 0 spiro atoms. The molecule has 0 fully saturated rings. The van der Waals surface area contributed by atoms with Gasteiger partial charge in [-0.2, -0.15) is 0 Å². The van der Waals surface area contributed by atoms with E-state index < -0.39 is 0 Å². The Bertz CT molecular complexity index is 1030. The molecule has 3 aromatic carbocycles. The van der Waals surface area contributed by atoms with Crippen LogP contribution in [-0.2, 0) is 0 Å². The number of carbonyl (C=O) groups is 1. The van der Waals surface area contributed by atoms with E-state index in [1.165, 1.54) is 0 Å². The summed E-state index contributed by atoms with van der Waals surface area (Å²) in [6, 6.07) is 21.2. The van der Waals surface area contributed by atoms with Crippen LogP contribution < -0.4 is 20.1 Å². The van der Waals surface area contributed by atoms with Crippen LogP contribution in [-0.4, -0.2) is 24.2 Å². The van der Waals surface area contributed by atoms with E-state index in [1.807, 2.05) is 30.3 Å². The Morgan fingerprint density at radius 3 is 2.30 bits per heavy atom. The number of nitrogens with one attached hydrogen (secondary N) is 2. The highest BCUT2D eigenvalue weighted by molar-refractivity contribution is 7.80. The largest absolute Gasteiger partial charge is 0.490 e. The van der Waals surface area contributed by atoms with Gasteiger partial charge < -0.3 is 14.8 Å². The zero-order valence-electron chi connectivity index (χ0n) is 15.7. The Kier molecular flexibility index (Phi) is 7.90. The molecule has 0 heterocycles. The molecule has 8 heteroatoms. The van der Waals surface area contributed by atoms with Crippen molar-refractivity contribution in [2.45, 2.75) is 0 Å². The molecule has 0 aromatic heterocycles. The normalized spacial score (nSPS) is 10.2. The number of benzene rings is 3. The minimum atomic E-state index is -0.372. The van der Waals surface area contributed by atoms with Gasteiger partial charge >= 0.3 is 0 Å². The van der Waals surface area contributed by atoms with Gasteiger partial charge in [0, 0.05) is 10.6 Å². The number of halogens is 2. The first kappa shape index (κ1) is 21.9. The lowest BCUT2D eigenvalue weighted by Crippen LogP contribution is -2.34. The van der Waals surface area contributed by atoms with Crippen molar-refractivity contribution < 1.29 is 14.3 Å². The molecule has 0 bridgehead atoms. The van der Waals surface area contributed by atoms with Gasteiger partial charge in [0.2, 0.25) is 0 Å². The first-order valence-corrected chi connectivity index (χ1v) is 10.2. The second-order valence-electron chi connectivity index (χ2n) is 6.07. The Labute approximate surface area is 189 Å². The summed E-state index contributed by atoms with van der Waals surface area (Å²) in [7, 11) is 0. The number of para-hydroxylation sites is 1. The SMILES string of the molecule is O=C(NC(=S)Nc1ccc(Cl)cc1Cl)c1cccc(OCCOc2ccccc2)c1. The number of rotatable bonds is 7. The van der Waals surface area contributed by atoms with Gasteiger partial charge in [0.25, 0.3) is 5.91 Å². The Morgan fingerprint density at radius 2 is 1.57 bits per heavy atom. The van der Waals surface area contributed by atoms with Crippen molar-refractivity contribution in [3.05, 3.63) is 88.4 Å². The highest BCUT2D eigenvalue weighted by Crippen LogP contribution is 2.25. The topological polar surface area (TPSA) is 59.6 Å². The number of anilines is 1. The monoisotopic (exact) mass is 460 g/mol. The molecule has 0 radical (unpaired) electrons. The molecule has 30 heavy (non-hydrogen) atoms. The molecule has 3 aromatic rings. The second kappa shape index (κ2) is 10.8. The lowest BCUT2D eigenvalue weighted by molar-refractivity contribution is 0.0977. The highest BCUT2D eigenvalue weighted by atomic mass is 35.5. The lowest BCUT2D eigenvalue weighted by Gasteiger charge is -2.12. The van der Waals surface area contributed by atoms with Crippen LogP contribution in [0, 0.1) is 0 Å². The van der Waals surface area contributed by atoms with E-state index in [0.29, 0.717) is 40.3 Å². The third kappa shape index (κ3) is 6.62. The maximum Gasteiger partial charge on any atom is 0.257 e. The van der Waals surface area contributed by atoms with E-state index in [0.717, 1.165) is 5.75 Å². The molecule has 0 aliphatic carbocycles. The molecule has 2 N–H and O–H groups in total.